The maximum Gasteiger partial charge on any atom is 0.0679 e. The topological polar surface area (TPSA) is 39.3 Å². The number of aromatic amines is 1. The van der Waals surface area contributed by atoms with Crippen LogP contribution < -0.4 is 0 Å². The van der Waals surface area contributed by atoms with Crippen LogP contribution in [-0.4, -0.2) is 34.2 Å². The van der Waals surface area contributed by atoms with Gasteiger partial charge < -0.3 is 10.1 Å². The lowest BCUT2D eigenvalue weighted by Crippen LogP contribution is -2.25. The Bertz CT molecular complexity index is 258. The molecular formula is C10H16N2O. The second-order valence-electron chi connectivity index (χ2n) is 3.74. The summed E-state index contributed by atoms with van der Waals surface area (Å²) < 4.78 is 0. The number of hydrogen-bond acceptors (Lipinski definition) is 2. The van der Waals surface area contributed by atoms with E-state index in [4.69, 9.17) is 0 Å². The number of aromatic nitrogens is 1. The molecule has 3 nitrogen and oxygen atoms in total. The van der Waals surface area contributed by atoms with Gasteiger partial charge in [-0.2, -0.15) is 0 Å². The van der Waals surface area contributed by atoms with Gasteiger partial charge in [0, 0.05) is 31.0 Å². The monoisotopic (exact) mass is 180 g/mol. The van der Waals surface area contributed by atoms with Crippen LogP contribution in [0.4, 0.5) is 0 Å². The lowest BCUT2D eigenvalue weighted by atomic mass is 10.2. The highest BCUT2D eigenvalue weighted by atomic mass is 16.3. The molecule has 0 radical (unpaired) electrons. The Balaban J connectivity index is 2.02. The number of aliphatic hydroxyl groups is 1. The van der Waals surface area contributed by atoms with E-state index in [0.717, 1.165) is 19.5 Å². The molecule has 2 heterocycles. The van der Waals surface area contributed by atoms with Crippen molar-refractivity contribution in [1.82, 2.24) is 9.88 Å². The number of nitrogens with zero attached hydrogens (tertiary/aromatic N) is 1. The Morgan fingerprint density at radius 2 is 2.54 bits per heavy atom. The minimum Gasteiger partial charge on any atom is -0.392 e. The lowest BCUT2D eigenvalue weighted by Gasteiger charge is -2.22. The SMILES string of the molecule is C[C@@H](c1ccc[nH]1)N1CC[C@@H](O)C1. The second kappa shape index (κ2) is 3.52. The Morgan fingerprint density at radius 1 is 1.69 bits per heavy atom. The third-order valence-electron chi connectivity index (χ3n) is 2.81. The number of likely N-dealkylation sites (tertiary alicyclic amines) is 1. The van der Waals surface area contributed by atoms with Crippen molar-refractivity contribution in [2.75, 3.05) is 13.1 Å². The van der Waals surface area contributed by atoms with Gasteiger partial charge in [0.1, 0.15) is 0 Å². The first-order valence-electron chi connectivity index (χ1n) is 4.83. The molecule has 0 unspecified atom stereocenters. The van der Waals surface area contributed by atoms with Crippen LogP contribution in [0.2, 0.25) is 0 Å². The summed E-state index contributed by atoms with van der Waals surface area (Å²) in [7, 11) is 0. The van der Waals surface area contributed by atoms with Crippen LogP contribution >= 0.6 is 0 Å². The molecule has 3 heteroatoms. The summed E-state index contributed by atoms with van der Waals surface area (Å²) in [6.45, 7) is 3.98. The van der Waals surface area contributed by atoms with Crippen LogP contribution in [0.1, 0.15) is 25.1 Å². The molecule has 0 aliphatic carbocycles. The molecule has 1 aromatic rings. The zero-order valence-electron chi connectivity index (χ0n) is 7.90. The summed E-state index contributed by atoms with van der Waals surface area (Å²) in [5, 5.41) is 9.39. The number of H-pyrrole nitrogens is 1. The van der Waals surface area contributed by atoms with Gasteiger partial charge in [0.2, 0.25) is 0 Å². The molecule has 2 rings (SSSR count). The molecule has 1 aliphatic heterocycles. The van der Waals surface area contributed by atoms with E-state index in [2.05, 4.69) is 22.9 Å². The molecule has 0 saturated carbocycles. The fraction of sp³-hybridized carbons (Fsp3) is 0.600. The van der Waals surface area contributed by atoms with Gasteiger partial charge in [-0.15, -0.1) is 0 Å². The zero-order chi connectivity index (χ0) is 9.26. The highest BCUT2D eigenvalue weighted by Gasteiger charge is 2.25. The van der Waals surface area contributed by atoms with Crippen LogP contribution in [0.5, 0.6) is 0 Å². The molecule has 1 fully saturated rings. The molecule has 72 valence electrons. The van der Waals surface area contributed by atoms with E-state index in [1.165, 1.54) is 5.69 Å². The van der Waals surface area contributed by atoms with Crippen molar-refractivity contribution in [3.8, 4) is 0 Å². The number of hydrogen-bond donors (Lipinski definition) is 2. The van der Waals surface area contributed by atoms with Gasteiger partial charge in [-0.25, -0.2) is 0 Å². The maximum atomic E-state index is 9.39. The summed E-state index contributed by atoms with van der Waals surface area (Å²) in [5.74, 6) is 0. The predicted molar refractivity (Wildman–Crippen MR) is 51.4 cm³/mol. The van der Waals surface area contributed by atoms with Crippen molar-refractivity contribution in [3.63, 3.8) is 0 Å². The van der Waals surface area contributed by atoms with Gasteiger partial charge in [0.15, 0.2) is 0 Å². The van der Waals surface area contributed by atoms with Crippen molar-refractivity contribution in [1.29, 1.82) is 0 Å². The number of aliphatic hydroxyl groups excluding tert-OH is 1. The first-order valence-corrected chi connectivity index (χ1v) is 4.83. The Kier molecular flexibility index (Phi) is 2.38. The van der Waals surface area contributed by atoms with Crippen LogP contribution in [0.3, 0.4) is 0 Å². The van der Waals surface area contributed by atoms with Crippen LogP contribution in [-0.2, 0) is 0 Å². The maximum absolute atomic E-state index is 9.39. The van der Waals surface area contributed by atoms with E-state index in [1.54, 1.807) is 0 Å². The smallest absolute Gasteiger partial charge is 0.0679 e. The van der Waals surface area contributed by atoms with Gasteiger partial charge >= 0.3 is 0 Å². The van der Waals surface area contributed by atoms with Gasteiger partial charge in [-0.05, 0) is 25.5 Å². The molecule has 0 aromatic carbocycles. The van der Waals surface area contributed by atoms with Gasteiger partial charge in [-0.3, -0.25) is 4.90 Å². The molecular weight excluding hydrogens is 164 g/mol. The molecule has 0 amide bonds. The lowest BCUT2D eigenvalue weighted by molar-refractivity contribution is 0.162. The Morgan fingerprint density at radius 3 is 3.08 bits per heavy atom. The normalized spacial score (nSPS) is 26.5. The summed E-state index contributed by atoms with van der Waals surface area (Å²) in [4.78, 5) is 5.51. The largest absolute Gasteiger partial charge is 0.392 e. The van der Waals surface area contributed by atoms with E-state index in [9.17, 15) is 5.11 Å². The zero-order valence-corrected chi connectivity index (χ0v) is 7.90. The molecule has 1 aromatic heterocycles. The highest BCUT2D eigenvalue weighted by molar-refractivity contribution is 5.08. The average molecular weight is 180 g/mol. The van der Waals surface area contributed by atoms with E-state index in [-0.39, 0.29) is 6.10 Å². The third kappa shape index (κ3) is 1.76. The van der Waals surface area contributed by atoms with E-state index >= 15 is 0 Å². The number of rotatable bonds is 2. The van der Waals surface area contributed by atoms with E-state index in [1.807, 2.05) is 12.3 Å². The Labute approximate surface area is 78.4 Å². The summed E-state index contributed by atoms with van der Waals surface area (Å²) in [6.07, 6.45) is 2.72. The van der Waals surface area contributed by atoms with Gasteiger partial charge in [0.25, 0.3) is 0 Å². The highest BCUT2D eigenvalue weighted by Crippen LogP contribution is 2.22. The van der Waals surface area contributed by atoms with Crippen molar-refractivity contribution < 1.29 is 5.11 Å². The van der Waals surface area contributed by atoms with Crippen molar-refractivity contribution in [2.24, 2.45) is 0 Å². The molecule has 1 aliphatic rings. The third-order valence-corrected chi connectivity index (χ3v) is 2.81. The fourth-order valence-corrected chi connectivity index (χ4v) is 1.92. The van der Waals surface area contributed by atoms with Crippen molar-refractivity contribution >= 4 is 0 Å². The molecule has 0 bridgehead atoms. The van der Waals surface area contributed by atoms with Gasteiger partial charge in [0.05, 0.1) is 6.10 Å². The standard InChI is InChI=1S/C10H16N2O/c1-8(10-3-2-5-11-10)12-6-4-9(13)7-12/h2-3,5,8-9,11,13H,4,6-7H2,1H3/t8-,9+/m0/s1. The molecule has 2 atom stereocenters. The van der Waals surface area contributed by atoms with Gasteiger partial charge in [-0.1, -0.05) is 0 Å². The first-order chi connectivity index (χ1) is 6.27. The molecule has 0 spiro atoms. The van der Waals surface area contributed by atoms with E-state index in [0.29, 0.717) is 6.04 Å². The minimum atomic E-state index is -0.127. The molecule has 1 saturated heterocycles. The fourth-order valence-electron chi connectivity index (χ4n) is 1.92. The van der Waals surface area contributed by atoms with Crippen molar-refractivity contribution in [2.45, 2.75) is 25.5 Å². The molecule has 13 heavy (non-hydrogen) atoms. The van der Waals surface area contributed by atoms with Crippen LogP contribution in [0, 0.1) is 0 Å². The number of nitrogens with one attached hydrogen (secondary N) is 1. The predicted octanol–water partition coefficient (Wildman–Crippen LogP) is 1.14. The summed E-state index contributed by atoms with van der Waals surface area (Å²) in [5.41, 5.74) is 1.23. The Hall–Kier alpha value is -0.800. The average Bonchev–Trinajstić information content (AvgIpc) is 2.72. The second-order valence-corrected chi connectivity index (χ2v) is 3.74. The van der Waals surface area contributed by atoms with Crippen LogP contribution in [0.25, 0.3) is 0 Å². The van der Waals surface area contributed by atoms with Crippen molar-refractivity contribution in [3.05, 3.63) is 24.0 Å². The molecule has 2 N–H and O–H groups in total. The quantitative estimate of drug-likeness (QED) is 0.716. The van der Waals surface area contributed by atoms with E-state index < -0.39 is 0 Å². The number of β-amino-alcohol motifs (C(OH)–C–C–N with tert-alkyl or cyclic N) is 1. The summed E-state index contributed by atoms with van der Waals surface area (Å²) in [6, 6.07) is 4.50. The van der Waals surface area contributed by atoms with Crippen LogP contribution in [0.15, 0.2) is 18.3 Å². The first kappa shape index (κ1) is 8.78. The summed E-state index contributed by atoms with van der Waals surface area (Å²) >= 11 is 0. The minimum absolute atomic E-state index is 0.127.